The Labute approximate surface area is 152 Å². The van der Waals surface area contributed by atoms with E-state index in [4.69, 9.17) is 0 Å². The average molecular weight is 375 g/mol. The van der Waals surface area contributed by atoms with Crippen molar-refractivity contribution in [1.82, 2.24) is 14.7 Å². The SMILES string of the molecule is CN(Cc1ccc(C(F)(F)F)cc1)C(=O)c1nn(C)c(=O)c2ccccc12. The molecule has 0 radical (unpaired) electrons. The van der Waals surface area contributed by atoms with Gasteiger partial charge in [0.1, 0.15) is 0 Å². The van der Waals surface area contributed by atoms with E-state index in [2.05, 4.69) is 5.10 Å². The molecule has 0 aliphatic rings. The third kappa shape index (κ3) is 3.69. The van der Waals surface area contributed by atoms with Gasteiger partial charge in [0.15, 0.2) is 5.69 Å². The van der Waals surface area contributed by atoms with Crippen molar-refractivity contribution < 1.29 is 18.0 Å². The van der Waals surface area contributed by atoms with E-state index in [0.29, 0.717) is 16.3 Å². The minimum atomic E-state index is -4.40. The topological polar surface area (TPSA) is 55.2 Å². The van der Waals surface area contributed by atoms with Gasteiger partial charge in [-0.2, -0.15) is 18.3 Å². The lowest BCUT2D eigenvalue weighted by atomic mass is 10.1. The molecule has 27 heavy (non-hydrogen) atoms. The number of benzene rings is 2. The van der Waals surface area contributed by atoms with Gasteiger partial charge in [0.05, 0.1) is 10.9 Å². The van der Waals surface area contributed by atoms with Crippen LogP contribution in [-0.4, -0.2) is 27.6 Å². The van der Waals surface area contributed by atoms with Crippen molar-refractivity contribution in [2.24, 2.45) is 7.05 Å². The molecule has 0 unspecified atom stereocenters. The summed E-state index contributed by atoms with van der Waals surface area (Å²) in [5, 5.41) is 4.89. The van der Waals surface area contributed by atoms with Crippen molar-refractivity contribution in [2.75, 3.05) is 7.05 Å². The highest BCUT2D eigenvalue weighted by Crippen LogP contribution is 2.29. The maximum Gasteiger partial charge on any atom is 0.416 e. The summed E-state index contributed by atoms with van der Waals surface area (Å²) in [6, 6.07) is 11.3. The number of alkyl halides is 3. The standard InChI is InChI=1S/C19H16F3N3O2/c1-24(11-12-7-9-13(10-8-12)19(20,21)22)18(27)16-14-5-3-4-6-15(14)17(26)25(2)23-16/h3-10H,11H2,1-2H3. The number of fused-ring (bicyclic) bond motifs is 1. The lowest BCUT2D eigenvalue weighted by molar-refractivity contribution is -0.137. The number of nitrogens with zero attached hydrogens (tertiary/aromatic N) is 3. The molecule has 3 rings (SSSR count). The first-order valence-electron chi connectivity index (χ1n) is 8.06. The van der Waals surface area contributed by atoms with Gasteiger partial charge in [-0.3, -0.25) is 9.59 Å². The van der Waals surface area contributed by atoms with Gasteiger partial charge in [-0.05, 0) is 23.8 Å². The van der Waals surface area contributed by atoms with Crippen LogP contribution in [0.1, 0.15) is 21.6 Å². The molecule has 0 aliphatic heterocycles. The van der Waals surface area contributed by atoms with Crippen LogP contribution < -0.4 is 5.56 Å². The number of hydrogen-bond acceptors (Lipinski definition) is 3. The summed E-state index contributed by atoms with van der Waals surface area (Å²) in [5.41, 5.74) is -0.395. The zero-order chi connectivity index (χ0) is 19.8. The third-order valence-electron chi connectivity index (χ3n) is 4.21. The lowest BCUT2D eigenvalue weighted by Gasteiger charge is -2.18. The number of aromatic nitrogens is 2. The molecule has 2 aromatic carbocycles. The van der Waals surface area contributed by atoms with Gasteiger partial charge < -0.3 is 4.90 Å². The molecule has 140 valence electrons. The first kappa shape index (κ1) is 18.6. The lowest BCUT2D eigenvalue weighted by Crippen LogP contribution is -2.31. The summed E-state index contributed by atoms with van der Waals surface area (Å²) in [6.07, 6.45) is -4.40. The van der Waals surface area contributed by atoms with E-state index in [-0.39, 0.29) is 17.8 Å². The predicted octanol–water partition coefficient (Wildman–Crippen LogP) is 3.22. The molecule has 1 heterocycles. The summed E-state index contributed by atoms with van der Waals surface area (Å²) in [5.74, 6) is -0.429. The second-order valence-electron chi connectivity index (χ2n) is 6.18. The Bertz CT molecular complexity index is 1060. The molecule has 0 bridgehead atoms. The maximum absolute atomic E-state index is 12.8. The first-order valence-corrected chi connectivity index (χ1v) is 8.06. The number of carbonyl (C=O) groups is 1. The van der Waals surface area contributed by atoms with Gasteiger partial charge in [-0.1, -0.05) is 30.3 Å². The Kier molecular flexibility index (Phi) is 4.73. The fourth-order valence-electron chi connectivity index (χ4n) is 2.78. The number of rotatable bonds is 3. The molecular formula is C19H16F3N3O2. The Morgan fingerprint density at radius 2 is 1.67 bits per heavy atom. The van der Waals surface area contributed by atoms with Crippen LogP contribution in [0.3, 0.4) is 0 Å². The van der Waals surface area contributed by atoms with E-state index < -0.39 is 17.6 Å². The van der Waals surface area contributed by atoms with E-state index in [1.54, 1.807) is 24.3 Å². The molecular weight excluding hydrogens is 359 g/mol. The van der Waals surface area contributed by atoms with Crippen molar-refractivity contribution >= 4 is 16.7 Å². The van der Waals surface area contributed by atoms with Gasteiger partial charge in [0.25, 0.3) is 11.5 Å². The molecule has 8 heteroatoms. The van der Waals surface area contributed by atoms with Crippen molar-refractivity contribution in [1.29, 1.82) is 0 Å². The molecule has 5 nitrogen and oxygen atoms in total. The zero-order valence-corrected chi connectivity index (χ0v) is 14.6. The minimum absolute atomic E-state index is 0.107. The van der Waals surface area contributed by atoms with Gasteiger partial charge in [0, 0.05) is 26.0 Å². The van der Waals surface area contributed by atoms with Crippen molar-refractivity contribution in [3.63, 3.8) is 0 Å². The highest BCUT2D eigenvalue weighted by molar-refractivity contribution is 6.04. The van der Waals surface area contributed by atoms with Crippen LogP contribution in [-0.2, 0) is 19.8 Å². The Hall–Kier alpha value is -3.16. The second-order valence-corrected chi connectivity index (χ2v) is 6.18. The van der Waals surface area contributed by atoms with E-state index in [9.17, 15) is 22.8 Å². The number of aryl methyl sites for hydroxylation is 1. The summed E-state index contributed by atoms with van der Waals surface area (Å²) in [6.45, 7) is 0.107. The van der Waals surface area contributed by atoms with Crippen molar-refractivity contribution in [3.05, 3.63) is 75.7 Å². The summed E-state index contributed by atoms with van der Waals surface area (Å²) in [4.78, 5) is 26.3. The number of halogens is 3. The molecule has 0 aliphatic carbocycles. The smallest absolute Gasteiger partial charge is 0.336 e. The predicted molar refractivity (Wildman–Crippen MR) is 94.2 cm³/mol. The first-order chi connectivity index (χ1) is 12.7. The van der Waals surface area contributed by atoms with Crippen molar-refractivity contribution in [2.45, 2.75) is 12.7 Å². The molecule has 0 atom stereocenters. The monoisotopic (exact) mass is 375 g/mol. The van der Waals surface area contributed by atoms with Gasteiger partial charge in [-0.15, -0.1) is 0 Å². The zero-order valence-electron chi connectivity index (χ0n) is 14.6. The Morgan fingerprint density at radius 3 is 2.26 bits per heavy atom. The summed E-state index contributed by atoms with van der Waals surface area (Å²) in [7, 11) is 2.99. The van der Waals surface area contributed by atoms with Crippen LogP contribution in [0.25, 0.3) is 10.8 Å². The molecule has 1 aromatic heterocycles. The third-order valence-corrected chi connectivity index (χ3v) is 4.21. The number of hydrogen-bond donors (Lipinski definition) is 0. The average Bonchev–Trinajstić information content (AvgIpc) is 2.64. The molecule has 3 aromatic rings. The van der Waals surface area contributed by atoms with E-state index in [1.165, 1.54) is 31.1 Å². The van der Waals surface area contributed by atoms with E-state index >= 15 is 0 Å². The van der Waals surface area contributed by atoms with Crippen LogP contribution in [0.4, 0.5) is 13.2 Å². The molecule has 0 fully saturated rings. The molecule has 0 N–H and O–H groups in total. The van der Waals surface area contributed by atoms with Gasteiger partial charge in [0.2, 0.25) is 0 Å². The normalized spacial score (nSPS) is 11.6. The Balaban J connectivity index is 1.89. The fourth-order valence-corrected chi connectivity index (χ4v) is 2.78. The highest BCUT2D eigenvalue weighted by atomic mass is 19.4. The number of amides is 1. The quantitative estimate of drug-likeness (QED) is 0.706. The van der Waals surface area contributed by atoms with Crippen molar-refractivity contribution in [3.8, 4) is 0 Å². The summed E-state index contributed by atoms with van der Waals surface area (Å²) >= 11 is 0. The summed E-state index contributed by atoms with van der Waals surface area (Å²) < 4.78 is 39.0. The molecule has 0 spiro atoms. The van der Waals surface area contributed by atoms with E-state index in [1.807, 2.05) is 0 Å². The largest absolute Gasteiger partial charge is 0.416 e. The van der Waals surface area contributed by atoms with Crippen LogP contribution in [0.2, 0.25) is 0 Å². The fraction of sp³-hybridized carbons (Fsp3) is 0.211. The van der Waals surface area contributed by atoms with Crippen LogP contribution in [0.15, 0.2) is 53.3 Å². The highest BCUT2D eigenvalue weighted by Gasteiger charge is 2.30. The van der Waals surface area contributed by atoms with E-state index in [0.717, 1.165) is 16.8 Å². The van der Waals surface area contributed by atoms with Gasteiger partial charge >= 0.3 is 6.18 Å². The second kappa shape index (κ2) is 6.86. The number of carbonyl (C=O) groups excluding carboxylic acids is 1. The van der Waals surface area contributed by atoms with Crippen LogP contribution >= 0.6 is 0 Å². The Morgan fingerprint density at radius 1 is 1.07 bits per heavy atom. The van der Waals surface area contributed by atoms with Crippen LogP contribution in [0, 0.1) is 0 Å². The van der Waals surface area contributed by atoms with Crippen LogP contribution in [0.5, 0.6) is 0 Å². The molecule has 1 amide bonds. The minimum Gasteiger partial charge on any atom is -0.336 e. The van der Waals surface area contributed by atoms with Gasteiger partial charge in [-0.25, -0.2) is 4.68 Å². The molecule has 0 saturated heterocycles. The molecule has 0 saturated carbocycles. The maximum atomic E-state index is 12.8.